The molecule has 23 heavy (non-hydrogen) atoms. The number of aromatic nitrogens is 1. The number of nitrogens with zero attached hydrogens (tertiary/aromatic N) is 2. The molecule has 0 spiro atoms. The van der Waals surface area contributed by atoms with Gasteiger partial charge >= 0.3 is 0 Å². The van der Waals surface area contributed by atoms with Crippen LogP contribution in [0.25, 0.3) is 0 Å². The Morgan fingerprint density at radius 3 is 2.78 bits per heavy atom. The summed E-state index contributed by atoms with van der Waals surface area (Å²) in [5.41, 5.74) is -0.519. The van der Waals surface area contributed by atoms with Crippen LogP contribution in [-0.4, -0.2) is 48.0 Å². The number of amides is 2. The van der Waals surface area contributed by atoms with Gasteiger partial charge in [-0.3, -0.25) is 14.6 Å². The molecule has 4 aliphatic rings. The van der Waals surface area contributed by atoms with Gasteiger partial charge in [0.05, 0.1) is 43.0 Å². The molecule has 1 aromatic heterocycles. The molecule has 5 rings (SSSR count). The van der Waals surface area contributed by atoms with E-state index in [0.29, 0.717) is 18.9 Å². The zero-order chi connectivity index (χ0) is 15.6. The van der Waals surface area contributed by atoms with E-state index in [2.05, 4.69) is 4.98 Å². The lowest BCUT2D eigenvalue weighted by molar-refractivity contribution is -0.180. The van der Waals surface area contributed by atoms with Crippen LogP contribution < -0.4 is 4.90 Å². The summed E-state index contributed by atoms with van der Waals surface area (Å²) in [4.78, 5) is 31.0. The topological polar surface area (TPSA) is 78.0 Å². The number of hydrogen-bond donors (Lipinski definition) is 0. The minimum absolute atomic E-state index is 0.248. The first kappa shape index (κ1) is 13.4. The molecule has 3 fully saturated rings. The second-order valence-electron chi connectivity index (χ2n) is 6.10. The van der Waals surface area contributed by atoms with Gasteiger partial charge in [0.1, 0.15) is 0 Å². The monoisotopic (exact) mass is 314 g/mol. The van der Waals surface area contributed by atoms with E-state index in [4.69, 9.17) is 14.2 Å². The van der Waals surface area contributed by atoms with Crippen LogP contribution >= 0.6 is 0 Å². The lowest BCUT2D eigenvalue weighted by Crippen LogP contribution is -2.49. The summed E-state index contributed by atoms with van der Waals surface area (Å²) in [6.07, 6.45) is 5.72. The van der Waals surface area contributed by atoms with Crippen molar-refractivity contribution in [2.24, 2.45) is 11.8 Å². The second kappa shape index (κ2) is 4.47. The maximum absolute atomic E-state index is 13.0. The van der Waals surface area contributed by atoms with Crippen molar-refractivity contribution < 1.29 is 23.8 Å². The molecule has 118 valence electrons. The Labute approximate surface area is 131 Å². The Kier molecular flexibility index (Phi) is 2.60. The SMILES string of the molecule is O=C1[C@H]2[C@@H](C(=O)N1c1cccnc1)[C@@]1(C3OCCO3)C=C[C@H]2O1. The summed E-state index contributed by atoms with van der Waals surface area (Å²) in [7, 11) is 0. The Balaban J connectivity index is 1.58. The van der Waals surface area contributed by atoms with E-state index in [1.54, 1.807) is 18.3 Å². The molecule has 3 saturated heterocycles. The zero-order valence-corrected chi connectivity index (χ0v) is 12.1. The van der Waals surface area contributed by atoms with Gasteiger partial charge in [0.25, 0.3) is 0 Å². The Morgan fingerprint density at radius 2 is 2.04 bits per heavy atom. The second-order valence-corrected chi connectivity index (χ2v) is 6.10. The molecule has 4 aliphatic heterocycles. The highest BCUT2D eigenvalue weighted by atomic mass is 16.7. The number of imide groups is 1. The quantitative estimate of drug-likeness (QED) is 0.576. The van der Waals surface area contributed by atoms with Gasteiger partial charge in [-0.1, -0.05) is 6.08 Å². The highest BCUT2D eigenvalue weighted by Gasteiger charge is 2.71. The third kappa shape index (κ3) is 1.56. The first-order valence-corrected chi connectivity index (χ1v) is 7.60. The minimum atomic E-state index is -1.00. The number of carbonyl (C=O) groups excluding carboxylic acids is 2. The van der Waals surface area contributed by atoms with E-state index in [-0.39, 0.29) is 11.8 Å². The van der Waals surface area contributed by atoms with Crippen LogP contribution in [0.2, 0.25) is 0 Å². The van der Waals surface area contributed by atoms with Crippen molar-refractivity contribution in [2.75, 3.05) is 18.1 Å². The number of anilines is 1. The molecule has 7 nitrogen and oxygen atoms in total. The molecule has 5 heterocycles. The number of hydrogen-bond acceptors (Lipinski definition) is 6. The van der Waals surface area contributed by atoms with Crippen LogP contribution in [0, 0.1) is 11.8 Å². The van der Waals surface area contributed by atoms with Gasteiger partial charge in [-0.2, -0.15) is 0 Å². The van der Waals surface area contributed by atoms with Crippen molar-refractivity contribution in [1.82, 2.24) is 4.98 Å². The largest absolute Gasteiger partial charge is 0.357 e. The van der Waals surface area contributed by atoms with E-state index in [1.807, 2.05) is 12.2 Å². The van der Waals surface area contributed by atoms with Crippen molar-refractivity contribution >= 4 is 17.5 Å². The molecule has 2 bridgehead atoms. The molecule has 2 amide bonds. The van der Waals surface area contributed by atoms with Gasteiger partial charge in [-0.25, -0.2) is 4.90 Å². The van der Waals surface area contributed by atoms with E-state index in [9.17, 15) is 9.59 Å². The van der Waals surface area contributed by atoms with E-state index in [1.165, 1.54) is 11.1 Å². The standard InChI is InChI=1S/C16H14N2O5/c19-13-11-10-3-4-16(23-10,15-21-6-7-22-15)12(11)14(20)18(13)9-2-1-5-17-8-9/h1-5,8,10-12,15H,6-7H2/t10-,11-,12+,16-/m1/s1. The molecule has 7 heteroatoms. The van der Waals surface area contributed by atoms with Gasteiger partial charge in [-0.05, 0) is 18.2 Å². The molecule has 0 aliphatic carbocycles. The lowest BCUT2D eigenvalue weighted by Gasteiger charge is -2.32. The normalized spacial score (nSPS) is 38.8. The first-order valence-electron chi connectivity index (χ1n) is 7.60. The van der Waals surface area contributed by atoms with E-state index < -0.39 is 29.8 Å². The predicted octanol–water partition coefficient (Wildman–Crippen LogP) is 0.267. The number of fused-ring (bicyclic) bond motifs is 5. The molecule has 0 unspecified atom stereocenters. The third-order valence-corrected chi connectivity index (χ3v) is 4.97. The molecule has 0 aromatic carbocycles. The highest BCUT2D eigenvalue weighted by Crippen LogP contribution is 2.54. The number of pyridine rings is 1. The fourth-order valence-corrected chi connectivity index (χ4v) is 4.07. The van der Waals surface area contributed by atoms with E-state index >= 15 is 0 Å². The molecule has 0 N–H and O–H groups in total. The summed E-state index contributed by atoms with van der Waals surface area (Å²) < 4.78 is 17.2. The summed E-state index contributed by atoms with van der Waals surface area (Å²) in [6, 6.07) is 3.40. The van der Waals surface area contributed by atoms with Gasteiger partial charge in [0.2, 0.25) is 11.8 Å². The van der Waals surface area contributed by atoms with Crippen molar-refractivity contribution in [3.05, 3.63) is 36.7 Å². The van der Waals surface area contributed by atoms with Crippen LogP contribution in [0.3, 0.4) is 0 Å². The Morgan fingerprint density at radius 1 is 1.22 bits per heavy atom. The summed E-state index contributed by atoms with van der Waals surface area (Å²) in [6.45, 7) is 0.917. The molecular weight excluding hydrogens is 300 g/mol. The van der Waals surface area contributed by atoms with Crippen molar-refractivity contribution in [2.45, 2.75) is 18.0 Å². The van der Waals surface area contributed by atoms with Crippen LogP contribution in [0.5, 0.6) is 0 Å². The van der Waals surface area contributed by atoms with Crippen molar-refractivity contribution in [3.8, 4) is 0 Å². The Bertz CT molecular complexity index is 714. The van der Waals surface area contributed by atoms with Gasteiger partial charge in [-0.15, -0.1) is 0 Å². The predicted molar refractivity (Wildman–Crippen MR) is 76.1 cm³/mol. The highest BCUT2D eigenvalue weighted by molar-refractivity contribution is 6.23. The minimum Gasteiger partial charge on any atom is -0.357 e. The number of ether oxygens (including phenoxy) is 3. The lowest BCUT2D eigenvalue weighted by atomic mass is 9.76. The maximum Gasteiger partial charge on any atom is 0.241 e. The van der Waals surface area contributed by atoms with Crippen molar-refractivity contribution in [3.63, 3.8) is 0 Å². The Hall–Kier alpha value is -2.09. The van der Waals surface area contributed by atoms with Gasteiger partial charge in [0.15, 0.2) is 11.9 Å². The van der Waals surface area contributed by atoms with Crippen LogP contribution in [-0.2, 0) is 23.8 Å². The van der Waals surface area contributed by atoms with Crippen LogP contribution in [0.1, 0.15) is 0 Å². The summed E-state index contributed by atoms with van der Waals surface area (Å²) in [5, 5.41) is 0. The molecule has 0 saturated carbocycles. The number of carbonyl (C=O) groups is 2. The average Bonchev–Trinajstić information content (AvgIpc) is 3.32. The summed E-state index contributed by atoms with van der Waals surface area (Å²) >= 11 is 0. The smallest absolute Gasteiger partial charge is 0.241 e. The van der Waals surface area contributed by atoms with Crippen LogP contribution in [0.15, 0.2) is 36.7 Å². The number of rotatable bonds is 2. The molecule has 4 atom stereocenters. The third-order valence-electron chi connectivity index (χ3n) is 4.97. The average molecular weight is 314 g/mol. The molecular formula is C16H14N2O5. The van der Waals surface area contributed by atoms with Gasteiger partial charge in [0, 0.05) is 6.20 Å². The van der Waals surface area contributed by atoms with E-state index in [0.717, 1.165) is 0 Å². The first-order chi connectivity index (χ1) is 11.2. The van der Waals surface area contributed by atoms with Crippen molar-refractivity contribution in [1.29, 1.82) is 0 Å². The zero-order valence-electron chi connectivity index (χ0n) is 12.1. The fourth-order valence-electron chi connectivity index (χ4n) is 4.07. The fraction of sp³-hybridized carbons (Fsp3) is 0.438. The molecule has 1 aromatic rings. The maximum atomic E-state index is 13.0. The van der Waals surface area contributed by atoms with Gasteiger partial charge < -0.3 is 14.2 Å². The van der Waals surface area contributed by atoms with Crippen LogP contribution in [0.4, 0.5) is 5.69 Å². The molecule has 0 radical (unpaired) electrons. The summed E-state index contributed by atoms with van der Waals surface area (Å²) in [5.74, 6) is -1.67.